The molecule has 1 fully saturated rings. The van der Waals surface area contributed by atoms with Crippen LogP contribution in [0.15, 0.2) is 60.7 Å². The van der Waals surface area contributed by atoms with Crippen LogP contribution in [0.25, 0.3) is 5.69 Å². The Morgan fingerprint density at radius 2 is 1.75 bits per heavy atom. The lowest BCUT2D eigenvalue weighted by Gasteiger charge is -2.21. The van der Waals surface area contributed by atoms with E-state index in [2.05, 4.69) is 27.7 Å². The number of nitrogens with zero attached hydrogens (tertiary/aromatic N) is 4. The van der Waals surface area contributed by atoms with E-state index in [1.54, 1.807) is 23.6 Å². The molecule has 2 aliphatic heterocycles. The van der Waals surface area contributed by atoms with Gasteiger partial charge in [-0.3, -0.25) is 15.0 Å². The molecular weight excluding hydrogens is 456 g/mol. The Balaban J connectivity index is 1.37. The van der Waals surface area contributed by atoms with Crippen LogP contribution in [-0.4, -0.2) is 70.9 Å². The van der Waals surface area contributed by atoms with E-state index >= 15 is 0 Å². The normalized spacial score (nSPS) is 19.3. The molecule has 3 amide bonds. The zero-order chi connectivity index (χ0) is 25.1. The minimum atomic E-state index is -0.282. The van der Waals surface area contributed by atoms with Gasteiger partial charge in [-0.2, -0.15) is 5.10 Å². The lowest BCUT2D eigenvalue weighted by atomic mass is 9.94. The number of para-hydroxylation sites is 1. The first-order chi connectivity index (χ1) is 17.5. The first kappa shape index (κ1) is 24.0. The van der Waals surface area contributed by atoms with Crippen LogP contribution in [0.5, 0.6) is 0 Å². The molecule has 1 aromatic heterocycles. The molecule has 9 heteroatoms. The van der Waals surface area contributed by atoms with Crippen molar-refractivity contribution in [3.05, 3.63) is 77.5 Å². The fourth-order valence-electron chi connectivity index (χ4n) is 5.11. The summed E-state index contributed by atoms with van der Waals surface area (Å²) < 4.78 is 7.04. The molecule has 0 unspecified atom stereocenters. The number of carbonyl (C=O) groups excluding carboxylic acids is 2. The summed E-state index contributed by atoms with van der Waals surface area (Å²) in [6.45, 7) is 5.47. The molecule has 2 aromatic carbocycles. The fourth-order valence-corrected chi connectivity index (χ4v) is 5.11. The second kappa shape index (κ2) is 10.5. The number of aromatic nitrogens is 2. The Kier molecular flexibility index (Phi) is 7.02. The number of likely N-dealkylation sites (tertiary alicyclic amines) is 1. The number of anilines is 1. The zero-order valence-corrected chi connectivity index (χ0v) is 20.7. The molecule has 36 heavy (non-hydrogen) atoms. The monoisotopic (exact) mass is 488 g/mol. The minimum Gasteiger partial charge on any atom is -0.383 e. The van der Waals surface area contributed by atoms with E-state index < -0.39 is 0 Å². The molecule has 1 saturated heterocycles. The number of hydrogen-bond acceptors (Lipinski definition) is 5. The van der Waals surface area contributed by atoms with Crippen LogP contribution in [0.1, 0.15) is 29.7 Å². The molecule has 9 nitrogen and oxygen atoms in total. The topological polar surface area (TPSA) is 91.7 Å². The number of rotatable bonds is 7. The predicted molar refractivity (Wildman–Crippen MR) is 137 cm³/mol. The average Bonchev–Trinajstić information content (AvgIpc) is 3.58. The lowest BCUT2D eigenvalue weighted by molar-refractivity contribution is -0.129. The summed E-state index contributed by atoms with van der Waals surface area (Å²) >= 11 is 0. The van der Waals surface area contributed by atoms with Gasteiger partial charge in [-0.05, 0) is 17.7 Å². The number of carbonyl (C=O) groups is 2. The Morgan fingerprint density at radius 1 is 1.03 bits per heavy atom. The van der Waals surface area contributed by atoms with Gasteiger partial charge in [0.15, 0.2) is 0 Å². The summed E-state index contributed by atoms with van der Waals surface area (Å²) in [5, 5.41) is 11.0. The number of amides is 3. The van der Waals surface area contributed by atoms with E-state index in [0.717, 1.165) is 36.6 Å². The van der Waals surface area contributed by atoms with E-state index in [1.165, 1.54) is 5.56 Å². The van der Waals surface area contributed by atoms with Gasteiger partial charge in [0.2, 0.25) is 5.91 Å². The van der Waals surface area contributed by atoms with E-state index in [4.69, 9.17) is 9.84 Å². The number of benzene rings is 2. The lowest BCUT2D eigenvalue weighted by Crippen LogP contribution is -2.42. The van der Waals surface area contributed by atoms with Crippen LogP contribution in [0.4, 0.5) is 10.6 Å². The molecule has 0 spiro atoms. The van der Waals surface area contributed by atoms with Gasteiger partial charge in [0, 0.05) is 45.1 Å². The molecule has 0 aliphatic carbocycles. The van der Waals surface area contributed by atoms with Crippen molar-refractivity contribution in [3.8, 4) is 5.69 Å². The van der Waals surface area contributed by atoms with Crippen molar-refractivity contribution in [3.63, 3.8) is 0 Å². The van der Waals surface area contributed by atoms with Gasteiger partial charge < -0.3 is 15.0 Å². The van der Waals surface area contributed by atoms with Crippen LogP contribution in [0, 0.1) is 0 Å². The summed E-state index contributed by atoms with van der Waals surface area (Å²) in [6, 6.07) is 19.7. The predicted octanol–water partition coefficient (Wildman–Crippen LogP) is 2.97. The van der Waals surface area contributed by atoms with Crippen molar-refractivity contribution < 1.29 is 14.3 Å². The maximum absolute atomic E-state index is 13.4. The molecule has 0 bridgehead atoms. The number of ether oxygens (including phenoxy) is 1. The molecular formula is C27H32N6O3. The van der Waals surface area contributed by atoms with Gasteiger partial charge in [-0.15, -0.1) is 0 Å². The summed E-state index contributed by atoms with van der Waals surface area (Å²) in [5.41, 5.74) is 3.73. The summed E-state index contributed by atoms with van der Waals surface area (Å²) in [5.74, 6) is 0.761. The molecule has 2 N–H and O–H groups in total. The second-order valence-corrected chi connectivity index (χ2v) is 9.37. The summed E-state index contributed by atoms with van der Waals surface area (Å²) in [7, 11) is 1.70. The van der Waals surface area contributed by atoms with Crippen LogP contribution in [-0.2, 0) is 22.6 Å². The van der Waals surface area contributed by atoms with Crippen molar-refractivity contribution in [1.82, 2.24) is 24.9 Å². The van der Waals surface area contributed by atoms with Crippen LogP contribution < -0.4 is 10.6 Å². The number of urea groups is 1. The fraction of sp³-hybridized carbons (Fsp3) is 0.370. The van der Waals surface area contributed by atoms with Gasteiger partial charge in [-0.1, -0.05) is 48.5 Å². The maximum Gasteiger partial charge on any atom is 0.320 e. The smallest absolute Gasteiger partial charge is 0.320 e. The standard InChI is InChI=1S/C27H32N6O3/c1-19(34)32-16-23-25(18-32)30-33(21-11-7-4-8-12-21)26(23)29-27(35)28-24-17-31(13-14-36-2)15-22(24)20-9-5-3-6-10-20/h3-12,22,24H,13-18H2,1-2H3,(H2,28,29,35)/t22-,24+/m0/s1. The first-order valence-corrected chi connectivity index (χ1v) is 12.3. The second-order valence-electron chi connectivity index (χ2n) is 9.37. The summed E-state index contributed by atoms with van der Waals surface area (Å²) in [4.78, 5) is 29.4. The average molecular weight is 489 g/mol. The Labute approximate surface area is 211 Å². The van der Waals surface area contributed by atoms with Crippen LogP contribution in [0.2, 0.25) is 0 Å². The molecule has 2 aliphatic rings. The highest BCUT2D eigenvalue weighted by molar-refractivity contribution is 5.90. The molecule has 5 rings (SSSR count). The van der Waals surface area contributed by atoms with E-state index in [-0.39, 0.29) is 23.9 Å². The number of methoxy groups -OCH3 is 1. The molecule has 0 radical (unpaired) electrons. The van der Waals surface area contributed by atoms with E-state index in [1.807, 2.05) is 48.5 Å². The maximum atomic E-state index is 13.4. The molecule has 2 atom stereocenters. The quantitative estimate of drug-likeness (QED) is 0.534. The number of fused-ring (bicyclic) bond motifs is 1. The molecule has 188 valence electrons. The minimum absolute atomic E-state index is 0.0116. The Bertz CT molecular complexity index is 1210. The van der Waals surface area contributed by atoms with Crippen LogP contribution >= 0.6 is 0 Å². The highest BCUT2D eigenvalue weighted by Gasteiger charge is 2.35. The van der Waals surface area contributed by atoms with Crippen molar-refractivity contribution in [2.45, 2.75) is 32.0 Å². The largest absolute Gasteiger partial charge is 0.383 e. The number of hydrogen-bond donors (Lipinski definition) is 2. The summed E-state index contributed by atoms with van der Waals surface area (Å²) in [6.07, 6.45) is 0. The van der Waals surface area contributed by atoms with Crippen molar-refractivity contribution >= 4 is 17.8 Å². The third-order valence-corrected chi connectivity index (χ3v) is 6.99. The van der Waals surface area contributed by atoms with Crippen molar-refractivity contribution in [2.75, 3.05) is 38.7 Å². The third-order valence-electron chi connectivity index (χ3n) is 6.99. The van der Waals surface area contributed by atoms with E-state index in [9.17, 15) is 9.59 Å². The molecule has 3 aromatic rings. The number of nitrogens with one attached hydrogen (secondary N) is 2. The first-order valence-electron chi connectivity index (χ1n) is 12.3. The van der Waals surface area contributed by atoms with Gasteiger partial charge >= 0.3 is 6.03 Å². The molecule has 3 heterocycles. The zero-order valence-electron chi connectivity index (χ0n) is 20.7. The van der Waals surface area contributed by atoms with Gasteiger partial charge in [0.25, 0.3) is 0 Å². The van der Waals surface area contributed by atoms with Gasteiger partial charge in [0.05, 0.1) is 37.1 Å². The van der Waals surface area contributed by atoms with Gasteiger partial charge in [0.1, 0.15) is 5.82 Å². The van der Waals surface area contributed by atoms with E-state index in [0.29, 0.717) is 25.5 Å². The third kappa shape index (κ3) is 4.98. The highest BCUT2D eigenvalue weighted by Crippen LogP contribution is 2.32. The van der Waals surface area contributed by atoms with Gasteiger partial charge in [-0.25, -0.2) is 9.48 Å². The SMILES string of the molecule is COCCN1C[C@@H](NC(=O)Nc2c3c(nn2-c2ccccc2)CN(C(C)=O)C3)[C@H](c2ccccc2)C1. The van der Waals surface area contributed by atoms with Crippen LogP contribution in [0.3, 0.4) is 0 Å². The molecule has 0 saturated carbocycles. The van der Waals surface area contributed by atoms with Crippen molar-refractivity contribution in [1.29, 1.82) is 0 Å². The van der Waals surface area contributed by atoms with Crippen molar-refractivity contribution in [2.24, 2.45) is 0 Å². The highest BCUT2D eigenvalue weighted by atomic mass is 16.5. The Hall–Kier alpha value is -3.69. The Morgan fingerprint density at radius 3 is 2.44 bits per heavy atom.